The lowest BCUT2D eigenvalue weighted by atomic mass is 10.0. The number of hydrogen-bond acceptors (Lipinski definition) is 5. The number of ether oxygens (including phenoxy) is 2. The second-order valence-electron chi connectivity index (χ2n) is 7.06. The van der Waals surface area contributed by atoms with Crippen LogP contribution in [0.25, 0.3) is 6.08 Å². The summed E-state index contributed by atoms with van der Waals surface area (Å²) in [5.74, 6) is -0.0846. The van der Waals surface area contributed by atoms with Crippen molar-refractivity contribution in [3.8, 4) is 5.75 Å². The largest absolute Gasteiger partial charge is 0.494 e. The van der Waals surface area contributed by atoms with E-state index in [2.05, 4.69) is 0 Å². The molecule has 1 heterocycles. The van der Waals surface area contributed by atoms with Crippen LogP contribution in [-0.4, -0.2) is 39.7 Å². The summed E-state index contributed by atoms with van der Waals surface area (Å²) < 4.78 is 10.4. The second-order valence-corrected chi connectivity index (χ2v) is 7.06. The third-order valence-electron chi connectivity index (χ3n) is 4.92. The highest BCUT2D eigenvalue weighted by atomic mass is 16.5. The molecule has 156 valence electrons. The van der Waals surface area contributed by atoms with Crippen molar-refractivity contribution >= 4 is 29.3 Å². The quantitative estimate of drug-likeness (QED) is 0.536. The van der Waals surface area contributed by atoms with E-state index in [1.807, 2.05) is 50.2 Å². The lowest BCUT2D eigenvalue weighted by Crippen LogP contribution is -2.24. The van der Waals surface area contributed by atoms with E-state index < -0.39 is 5.97 Å². The van der Waals surface area contributed by atoms with Crippen molar-refractivity contribution in [2.45, 2.75) is 13.8 Å². The van der Waals surface area contributed by atoms with E-state index in [1.165, 1.54) is 12.0 Å². The number of rotatable bonds is 6. The minimum atomic E-state index is -0.537. The Bertz CT molecular complexity index is 1000. The summed E-state index contributed by atoms with van der Waals surface area (Å²) in [5, 5.41) is 0. The van der Waals surface area contributed by atoms with Crippen LogP contribution in [0.3, 0.4) is 0 Å². The second kappa shape index (κ2) is 8.86. The van der Waals surface area contributed by atoms with Crippen LogP contribution >= 0.6 is 0 Å². The highest BCUT2D eigenvalue weighted by Crippen LogP contribution is 2.36. The monoisotopic (exact) mass is 406 g/mol. The molecular weight excluding hydrogens is 380 g/mol. The van der Waals surface area contributed by atoms with Gasteiger partial charge in [-0.1, -0.05) is 12.1 Å². The third-order valence-corrected chi connectivity index (χ3v) is 4.92. The van der Waals surface area contributed by atoms with Crippen molar-refractivity contribution in [1.82, 2.24) is 0 Å². The summed E-state index contributed by atoms with van der Waals surface area (Å²) >= 11 is 0. The molecule has 2 aromatic carbocycles. The van der Waals surface area contributed by atoms with Gasteiger partial charge in [-0.15, -0.1) is 0 Å². The maximum Gasteiger partial charge on any atom is 0.340 e. The van der Waals surface area contributed by atoms with E-state index in [-0.39, 0.29) is 11.5 Å². The Hall–Kier alpha value is -3.54. The summed E-state index contributed by atoms with van der Waals surface area (Å²) in [6, 6.07) is 15.0. The molecule has 3 rings (SSSR count). The first-order chi connectivity index (χ1) is 14.4. The Morgan fingerprint density at radius 3 is 2.23 bits per heavy atom. The van der Waals surface area contributed by atoms with E-state index in [0.29, 0.717) is 23.6 Å². The Morgan fingerprint density at radius 2 is 1.70 bits per heavy atom. The van der Waals surface area contributed by atoms with Crippen LogP contribution in [0.2, 0.25) is 0 Å². The number of carbonyl (C=O) groups is 2. The number of benzene rings is 2. The van der Waals surface area contributed by atoms with Crippen molar-refractivity contribution < 1.29 is 19.1 Å². The van der Waals surface area contributed by atoms with Gasteiger partial charge in [0.15, 0.2) is 0 Å². The Labute approximate surface area is 177 Å². The van der Waals surface area contributed by atoms with Crippen molar-refractivity contribution in [1.29, 1.82) is 0 Å². The molecule has 0 aromatic heterocycles. The molecule has 0 saturated carbocycles. The minimum Gasteiger partial charge on any atom is -0.494 e. The average Bonchev–Trinajstić information content (AvgIpc) is 2.98. The summed E-state index contributed by atoms with van der Waals surface area (Å²) in [5.41, 5.74) is 3.65. The normalized spacial score (nSPS) is 15.0. The van der Waals surface area contributed by atoms with E-state index in [0.717, 1.165) is 17.0 Å². The molecule has 2 aromatic rings. The fourth-order valence-electron chi connectivity index (χ4n) is 3.38. The van der Waals surface area contributed by atoms with Crippen molar-refractivity contribution in [3.05, 3.63) is 70.9 Å². The predicted molar refractivity (Wildman–Crippen MR) is 119 cm³/mol. The smallest absolute Gasteiger partial charge is 0.340 e. The van der Waals surface area contributed by atoms with Gasteiger partial charge in [0.2, 0.25) is 0 Å². The maximum atomic E-state index is 13.3. The van der Waals surface area contributed by atoms with Crippen LogP contribution in [0.5, 0.6) is 5.75 Å². The first-order valence-corrected chi connectivity index (χ1v) is 9.73. The van der Waals surface area contributed by atoms with Crippen molar-refractivity contribution in [3.63, 3.8) is 0 Å². The molecule has 6 heteroatoms. The lowest BCUT2D eigenvalue weighted by Gasteiger charge is -2.18. The van der Waals surface area contributed by atoms with Crippen molar-refractivity contribution in [2.24, 2.45) is 0 Å². The Kier molecular flexibility index (Phi) is 6.26. The minimum absolute atomic E-state index is 0.270. The number of hydrogen-bond donors (Lipinski definition) is 0. The first kappa shape index (κ1) is 21.2. The zero-order valence-corrected chi connectivity index (χ0v) is 17.9. The fraction of sp³-hybridized carbons (Fsp3) is 0.250. The van der Waals surface area contributed by atoms with Crippen LogP contribution in [0.1, 0.15) is 19.4 Å². The summed E-state index contributed by atoms with van der Waals surface area (Å²) in [4.78, 5) is 29.3. The zero-order valence-electron chi connectivity index (χ0n) is 17.9. The number of methoxy groups -OCH3 is 1. The molecule has 1 aliphatic rings. The fourth-order valence-corrected chi connectivity index (χ4v) is 3.38. The van der Waals surface area contributed by atoms with E-state index in [9.17, 15) is 9.59 Å². The van der Waals surface area contributed by atoms with Crippen LogP contribution in [0.15, 0.2) is 65.4 Å². The number of nitrogens with zero attached hydrogens (tertiary/aromatic N) is 2. The number of anilines is 2. The van der Waals surface area contributed by atoms with Crippen LogP contribution < -0.4 is 14.5 Å². The first-order valence-electron chi connectivity index (χ1n) is 9.73. The highest BCUT2D eigenvalue weighted by Gasteiger charge is 2.37. The molecule has 0 spiro atoms. The lowest BCUT2D eigenvalue weighted by molar-refractivity contribution is -0.136. The van der Waals surface area contributed by atoms with Gasteiger partial charge in [0.25, 0.3) is 5.91 Å². The van der Waals surface area contributed by atoms with Gasteiger partial charge in [-0.05, 0) is 61.9 Å². The molecule has 0 unspecified atom stereocenters. The van der Waals surface area contributed by atoms with Gasteiger partial charge in [0, 0.05) is 31.2 Å². The average molecular weight is 406 g/mol. The van der Waals surface area contributed by atoms with Gasteiger partial charge < -0.3 is 14.4 Å². The summed E-state index contributed by atoms with van der Waals surface area (Å²) in [6.07, 6.45) is 1.73. The van der Waals surface area contributed by atoms with Gasteiger partial charge in [-0.2, -0.15) is 0 Å². The van der Waals surface area contributed by atoms with Crippen LogP contribution in [-0.2, 0) is 14.3 Å². The molecule has 6 nitrogen and oxygen atoms in total. The van der Waals surface area contributed by atoms with Gasteiger partial charge >= 0.3 is 5.97 Å². The molecule has 0 radical (unpaired) electrons. The molecule has 0 bridgehead atoms. The standard InChI is InChI=1S/C24H26N2O4/c1-6-30-20-13-11-19(12-14-20)26-16(2)22(24(28)29-5)21(23(26)27)15-17-7-9-18(10-8-17)25(3)4/h7-15H,6H2,1-5H3/b21-15-. The van der Waals surface area contributed by atoms with Gasteiger partial charge in [-0.3, -0.25) is 9.69 Å². The van der Waals surface area contributed by atoms with Crippen LogP contribution in [0, 0.1) is 0 Å². The molecule has 1 aliphatic heterocycles. The van der Waals surface area contributed by atoms with E-state index >= 15 is 0 Å². The van der Waals surface area contributed by atoms with Crippen LogP contribution in [0.4, 0.5) is 11.4 Å². The predicted octanol–water partition coefficient (Wildman–Crippen LogP) is 4.03. The molecule has 0 aliphatic carbocycles. The highest BCUT2D eigenvalue weighted by molar-refractivity contribution is 6.23. The molecule has 30 heavy (non-hydrogen) atoms. The number of esters is 1. The maximum absolute atomic E-state index is 13.3. The summed E-state index contributed by atoms with van der Waals surface area (Å²) in [7, 11) is 5.24. The summed E-state index contributed by atoms with van der Waals surface area (Å²) in [6.45, 7) is 4.22. The topological polar surface area (TPSA) is 59.1 Å². The van der Waals surface area contributed by atoms with Gasteiger partial charge in [0.1, 0.15) is 5.75 Å². The van der Waals surface area contributed by atoms with Gasteiger partial charge in [0.05, 0.1) is 24.9 Å². The Balaban J connectivity index is 2.03. The van der Waals surface area contributed by atoms with Crippen molar-refractivity contribution in [2.75, 3.05) is 37.6 Å². The number of amides is 1. The van der Waals surface area contributed by atoms with Gasteiger partial charge in [-0.25, -0.2) is 4.79 Å². The Morgan fingerprint density at radius 1 is 1.07 bits per heavy atom. The zero-order chi connectivity index (χ0) is 21.8. The molecular formula is C24H26N2O4. The third kappa shape index (κ3) is 4.08. The van der Waals surface area contributed by atoms with E-state index in [1.54, 1.807) is 37.3 Å². The molecule has 1 amide bonds. The molecule has 0 atom stereocenters. The SMILES string of the molecule is CCOc1ccc(N2C(=O)/C(=C\c3ccc(N(C)C)cc3)C(C(=O)OC)=C2C)cc1. The number of carbonyl (C=O) groups excluding carboxylic acids is 2. The molecule has 0 fully saturated rings. The molecule has 0 N–H and O–H groups in total. The number of allylic oxidation sites excluding steroid dienone is 1. The molecule has 0 saturated heterocycles. The van der Waals surface area contributed by atoms with E-state index in [4.69, 9.17) is 9.47 Å².